The van der Waals surface area contributed by atoms with Crippen LogP contribution in [0.15, 0.2) is 24.3 Å². The third kappa shape index (κ3) is 1.51. The van der Waals surface area contributed by atoms with E-state index < -0.39 is 17.1 Å². The van der Waals surface area contributed by atoms with Crippen molar-refractivity contribution in [2.24, 2.45) is 0 Å². The van der Waals surface area contributed by atoms with Gasteiger partial charge < -0.3 is 10.2 Å². The molecule has 0 spiro atoms. The van der Waals surface area contributed by atoms with E-state index in [0.717, 1.165) is 0 Å². The van der Waals surface area contributed by atoms with Crippen LogP contribution in [0.2, 0.25) is 0 Å². The van der Waals surface area contributed by atoms with Crippen LogP contribution < -0.4 is 0 Å². The monoisotopic (exact) mass is 207 g/mol. The molecule has 0 aromatic heterocycles. The maximum Gasteiger partial charge on any atom is 0.275 e. The van der Waals surface area contributed by atoms with Gasteiger partial charge >= 0.3 is 0 Å². The van der Waals surface area contributed by atoms with Crippen LogP contribution in [-0.2, 0) is 0 Å². The molecule has 1 aliphatic rings. The molecule has 0 bridgehead atoms. The lowest BCUT2D eigenvalue weighted by molar-refractivity contribution is -0.386. The second kappa shape index (κ2) is 3.45. The number of nitrogens with zero attached hydrogens (tertiary/aromatic N) is 1. The molecule has 0 amide bonds. The van der Waals surface area contributed by atoms with Gasteiger partial charge in [0, 0.05) is 6.07 Å². The van der Waals surface area contributed by atoms with Gasteiger partial charge in [0.15, 0.2) is 0 Å². The number of nitro benzene ring substituents is 1. The zero-order valence-corrected chi connectivity index (χ0v) is 7.70. The highest BCUT2D eigenvalue weighted by Gasteiger charge is 2.29. The first-order valence-electron chi connectivity index (χ1n) is 4.43. The van der Waals surface area contributed by atoms with Crippen molar-refractivity contribution < 1.29 is 15.1 Å². The zero-order chi connectivity index (χ0) is 11.0. The van der Waals surface area contributed by atoms with E-state index in [1.165, 1.54) is 12.1 Å². The zero-order valence-electron chi connectivity index (χ0n) is 7.70. The van der Waals surface area contributed by atoms with E-state index in [4.69, 9.17) is 0 Å². The number of fused-ring (bicyclic) bond motifs is 1. The first kappa shape index (κ1) is 9.82. The molecule has 1 aromatic carbocycles. The number of aliphatic hydroxyl groups excluding tert-OH is 2. The van der Waals surface area contributed by atoms with Crippen molar-refractivity contribution in [2.75, 3.05) is 0 Å². The Kier molecular flexibility index (Phi) is 2.26. The summed E-state index contributed by atoms with van der Waals surface area (Å²) < 4.78 is 0. The Balaban J connectivity index is 2.64. The van der Waals surface area contributed by atoms with Crippen LogP contribution in [0, 0.1) is 10.1 Å². The predicted molar refractivity (Wildman–Crippen MR) is 53.1 cm³/mol. The van der Waals surface area contributed by atoms with Gasteiger partial charge in [-0.3, -0.25) is 10.1 Å². The summed E-state index contributed by atoms with van der Waals surface area (Å²) in [4.78, 5) is 10.2. The first-order chi connectivity index (χ1) is 7.11. The van der Waals surface area contributed by atoms with E-state index in [9.17, 15) is 20.3 Å². The lowest BCUT2D eigenvalue weighted by Gasteiger charge is -2.21. The van der Waals surface area contributed by atoms with Crippen LogP contribution in [0.1, 0.15) is 17.2 Å². The Bertz CT molecular complexity index is 441. The van der Waals surface area contributed by atoms with Crippen LogP contribution in [0.5, 0.6) is 0 Å². The van der Waals surface area contributed by atoms with Gasteiger partial charge in [-0.15, -0.1) is 0 Å². The van der Waals surface area contributed by atoms with Crippen LogP contribution in [-0.4, -0.2) is 21.2 Å². The number of rotatable bonds is 1. The highest BCUT2D eigenvalue weighted by Crippen LogP contribution is 2.34. The van der Waals surface area contributed by atoms with Crippen molar-refractivity contribution in [3.63, 3.8) is 0 Å². The molecule has 5 heteroatoms. The molecule has 0 radical (unpaired) electrons. The second-order valence-corrected chi connectivity index (χ2v) is 3.33. The first-order valence-corrected chi connectivity index (χ1v) is 4.43. The minimum absolute atomic E-state index is 0.164. The molecule has 0 heterocycles. The largest absolute Gasteiger partial charge is 0.386 e. The minimum atomic E-state index is -1.23. The summed E-state index contributed by atoms with van der Waals surface area (Å²) in [5.74, 6) is 0. The van der Waals surface area contributed by atoms with E-state index in [1.54, 1.807) is 18.2 Å². The second-order valence-electron chi connectivity index (χ2n) is 3.33. The maximum atomic E-state index is 10.7. The lowest BCUT2D eigenvalue weighted by Crippen LogP contribution is -2.20. The summed E-state index contributed by atoms with van der Waals surface area (Å²) in [6.07, 6.45) is 0.668. The van der Waals surface area contributed by atoms with Gasteiger partial charge in [-0.2, -0.15) is 0 Å². The lowest BCUT2D eigenvalue weighted by atomic mass is 9.91. The number of hydrogen-bond acceptors (Lipinski definition) is 4. The van der Waals surface area contributed by atoms with Gasteiger partial charge in [0.25, 0.3) is 5.69 Å². The van der Waals surface area contributed by atoms with Crippen molar-refractivity contribution in [1.29, 1.82) is 0 Å². The molecule has 15 heavy (non-hydrogen) atoms. The van der Waals surface area contributed by atoms with E-state index in [1.807, 2.05) is 0 Å². The number of nitro groups is 1. The molecule has 0 saturated heterocycles. The molecule has 0 fully saturated rings. The molecule has 2 rings (SSSR count). The van der Waals surface area contributed by atoms with Gasteiger partial charge in [-0.05, 0) is 5.56 Å². The molecule has 0 unspecified atom stereocenters. The average molecular weight is 207 g/mol. The predicted octanol–water partition coefficient (Wildman–Crippen LogP) is 1.02. The fourth-order valence-electron chi connectivity index (χ4n) is 1.68. The molecule has 0 saturated carbocycles. The van der Waals surface area contributed by atoms with E-state index in [2.05, 4.69) is 0 Å². The van der Waals surface area contributed by atoms with Crippen LogP contribution >= 0.6 is 0 Å². The number of benzene rings is 1. The third-order valence-electron chi connectivity index (χ3n) is 2.41. The van der Waals surface area contributed by atoms with Gasteiger partial charge in [-0.1, -0.05) is 24.3 Å². The van der Waals surface area contributed by atoms with Crippen LogP contribution in [0.4, 0.5) is 5.69 Å². The molecular formula is C10H9NO4. The van der Waals surface area contributed by atoms with E-state index in [-0.39, 0.29) is 11.3 Å². The SMILES string of the molecule is O=[N+]([O-])c1cccc2c1[C@@H](O)[C@@H](O)C=C2. The Morgan fingerprint density at radius 1 is 1.33 bits per heavy atom. The van der Waals surface area contributed by atoms with E-state index >= 15 is 0 Å². The molecule has 1 aliphatic carbocycles. The summed E-state index contributed by atoms with van der Waals surface area (Å²) in [5.41, 5.74) is 0.586. The van der Waals surface area contributed by atoms with Crippen LogP contribution in [0.25, 0.3) is 6.08 Å². The minimum Gasteiger partial charge on any atom is -0.386 e. The van der Waals surface area contributed by atoms with Gasteiger partial charge in [0.05, 0.1) is 10.5 Å². The number of aliphatic hydroxyl groups is 2. The summed E-state index contributed by atoms with van der Waals surface area (Å²) in [6, 6.07) is 4.52. The summed E-state index contributed by atoms with van der Waals surface area (Å²) in [5, 5.41) is 29.7. The average Bonchev–Trinajstić information content (AvgIpc) is 2.23. The fraction of sp³-hybridized carbons (Fsp3) is 0.200. The smallest absolute Gasteiger partial charge is 0.275 e. The summed E-state index contributed by atoms with van der Waals surface area (Å²) in [6.45, 7) is 0. The van der Waals surface area contributed by atoms with Crippen molar-refractivity contribution in [3.8, 4) is 0 Å². The molecule has 2 N–H and O–H groups in total. The standard InChI is InChI=1S/C10H9NO4/c12-8-5-4-6-2-1-3-7(11(14)15)9(6)10(8)13/h1-5,8,10,12-13H/t8-,10-/m0/s1. The Labute approximate surface area is 85.4 Å². The molecule has 5 nitrogen and oxygen atoms in total. The quantitative estimate of drug-likeness (QED) is 0.531. The number of hydrogen-bond donors (Lipinski definition) is 2. The Hall–Kier alpha value is -1.72. The molecule has 1 aromatic rings. The van der Waals surface area contributed by atoms with Crippen molar-refractivity contribution >= 4 is 11.8 Å². The fourth-order valence-corrected chi connectivity index (χ4v) is 1.68. The normalized spacial score (nSPS) is 23.6. The summed E-state index contributed by atoms with van der Waals surface area (Å²) >= 11 is 0. The maximum absolute atomic E-state index is 10.7. The molecule has 2 atom stereocenters. The van der Waals surface area contributed by atoms with Crippen LogP contribution in [0.3, 0.4) is 0 Å². The highest BCUT2D eigenvalue weighted by molar-refractivity contribution is 5.64. The van der Waals surface area contributed by atoms with Gasteiger partial charge in [0.1, 0.15) is 12.2 Å². The van der Waals surface area contributed by atoms with Crippen molar-refractivity contribution in [3.05, 3.63) is 45.5 Å². The third-order valence-corrected chi connectivity index (χ3v) is 2.41. The van der Waals surface area contributed by atoms with Crippen molar-refractivity contribution in [2.45, 2.75) is 12.2 Å². The Morgan fingerprint density at radius 3 is 2.73 bits per heavy atom. The summed E-state index contributed by atoms with van der Waals surface area (Å²) in [7, 11) is 0. The van der Waals surface area contributed by atoms with E-state index in [0.29, 0.717) is 5.56 Å². The Morgan fingerprint density at radius 2 is 2.07 bits per heavy atom. The van der Waals surface area contributed by atoms with Crippen molar-refractivity contribution in [1.82, 2.24) is 0 Å². The molecule has 0 aliphatic heterocycles. The topological polar surface area (TPSA) is 83.6 Å². The van der Waals surface area contributed by atoms with Gasteiger partial charge in [-0.25, -0.2) is 0 Å². The molecular weight excluding hydrogens is 198 g/mol. The molecule has 78 valence electrons. The van der Waals surface area contributed by atoms with Gasteiger partial charge in [0.2, 0.25) is 0 Å². The highest BCUT2D eigenvalue weighted by atomic mass is 16.6.